The standard InChI is InChI=1S/C11H21BrN4/c1-5-16(6-2)9(7-13-3)10-11(12)14-8-15(10)4/h8-9,13H,5-7H2,1-4H3. The molecule has 0 saturated carbocycles. The molecule has 1 rings (SSSR count). The van der Waals surface area contributed by atoms with E-state index >= 15 is 0 Å². The molecule has 0 saturated heterocycles. The molecule has 0 aliphatic carbocycles. The van der Waals surface area contributed by atoms with E-state index in [2.05, 4.69) is 49.5 Å². The third-order valence-electron chi connectivity index (χ3n) is 2.90. The van der Waals surface area contributed by atoms with Crippen molar-refractivity contribution in [3.8, 4) is 0 Å². The minimum absolute atomic E-state index is 0.363. The molecule has 16 heavy (non-hydrogen) atoms. The zero-order chi connectivity index (χ0) is 12.1. The minimum Gasteiger partial charge on any atom is -0.335 e. The summed E-state index contributed by atoms with van der Waals surface area (Å²) in [5, 5.41) is 3.26. The zero-order valence-electron chi connectivity index (χ0n) is 10.5. The lowest BCUT2D eigenvalue weighted by Gasteiger charge is -2.30. The second kappa shape index (κ2) is 6.37. The highest BCUT2D eigenvalue weighted by atomic mass is 79.9. The summed E-state index contributed by atoms with van der Waals surface area (Å²) in [7, 11) is 4.03. The van der Waals surface area contributed by atoms with Gasteiger partial charge in [0.25, 0.3) is 0 Å². The summed E-state index contributed by atoms with van der Waals surface area (Å²) in [6.45, 7) is 7.40. The molecular formula is C11H21BrN4. The van der Waals surface area contributed by atoms with Gasteiger partial charge < -0.3 is 9.88 Å². The Morgan fingerprint density at radius 1 is 1.50 bits per heavy atom. The van der Waals surface area contributed by atoms with E-state index in [9.17, 15) is 0 Å². The van der Waals surface area contributed by atoms with Crippen molar-refractivity contribution >= 4 is 15.9 Å². The van der Waals surface area contributed by atoms with E-state index in [-0.39, 0.29) is 0 Å². The first kappa shape index (κ1) is 13.7. The average Bonchev–Trinajstić information content (AvgIpc) is 2.59. The van der Waals surface area contributed by atoms with E-state index in [0.717, 1.165) is 24.2 Å². The average molecular weight is 289 g/mol. The van der Waals surface area contributed by atoms with Crippen molar-refractivity contribution in [3.63, 3.8) is 0 Å². The Morgan fingerprint density at radius 3 is 2.50 bits per heavy atom. The first-order valence-electron chi connectivity index (χ1n) is 5.71. The van der Waals surface area contributed by atoms with Crippen LogP contribution in [0.15, 0.2) is 10.9 Å². The molecule has 1 N–H and O–H groups in total. The van der Waals surface area contributed by atoms with Gasteiger partial charge in [-0.2, -0.15) is 0 Å². The highest BCUT2D eigenvalue weighted by molar-refractivity contribution is 9.10. The van der Waals surface area contributed by atoms with E-state index in [0.29, 0.717) is 6.04 Å². The molecule has 1 aromatic heterocycles. The maximum Gasteiger partial charge on any atom is 0.128 e. The summed E-state index contributed by atoms with van der Waals surface area (Å²) in [6.07, 6.45) is 1.85. The second-order valence-corrected chi connectivity index (χ2v) is 4.58. The van der Waals surface area contributed by atoms with Crippen LogP contribution in [0.1, 0.15) is 25.6 Å². The van der Waals surface area contributed by atoms with Gasteiger partial charge in [-0.15, -0.1) is 0 Å². The number of nitrogens with zero attached hydrogens (tertiary/aromatic N) is 3. The van der Waals surface area contributed by atoms with E-state index < -0.39 is 0 Å². The maximum atomic E-state index is 4.30. The third kappa shape index (κ3) is 2.84. The Kier molecular flexibility index (Phi) is 5.44. The number of hydrogen-bond acceptors (Lipinski definition) is 3. The van der Waals surface area contributed by atoms with Crippen molar-refractivity contribution in [2.24, 2.45) is 7.05 Å². The summed E-state index contributed by atoms with van der Waals surface area (Å²) >= 11 is 3.53. The first-order valence-corrected chi connectivity index (χ1v) is 6.50. The van der Waals surface area contributed by atoms with Crippen LogP contribution in [0.3, 0.4) is 0 Å². The Balaban J connectivity index is 3.01. The predicted molar refractivity (Wildman–Crippen MR) is 70.5 cm³/mol. The Labute approximate surface area is 106 Å². The molecule has 1 heterocycles. The number of likely N-dealkylation sites (N-methyl/N-ethyl adjacent to an activating group) is 2. The van der Waals surface area contributed by atoms with Crippen LogP contribution in [0.5, 0.6) is 0 Å². The van der Waals surface area contributed by atoms with Crippen molar-refractivity contribution in [2.75, 3.05) is 26.7 Å². The molecule has 0 spiro atoms. The van der Waals surface area contributed by atoms with Crippen molar-refractivity contribution < 1.29 is 0 Å². The van der Waals surface area contributed by atoms with Crippen LogP contribution in [-0.4, -0.2) is 41.1 Å². The Bertz CT molecular complexity index is 300. The van der Waals surface area contributed by atoms with Gasteiger partial charge in [0, 0.05) is 13.6 Å². The second-order valence-electron chi connectivity index (χ2n) is 3.83. The monoisotopic (exact) mass is 288 g/mol. The number of halogens is 1. The summed E-state index contributed by atoms with van der Waals surface area (Å²) in [5.74, 6) is 0. The molecular weight excluding hydrogens is 268 g/mol. The topological polar surface area (TPSA) is 33.1 Å². The van der Waals surface area contributed by atoms with Crippen LogP contribution in [0.4, 0.5) is 0 Å². The van der Waals surface area contributed by atoms with Crippen molar-refractivity contribution in [2.45, 2.75) is 19.9 Å². The molecule has 0 bridgehead atoms. The van der Waals surface area contributed by atoms with E-state index in [1.807, 2.05) is 20.4 Å². The molecule has 1 aromatic rings. The van der Waals surface area contributed by atoms with E-state index in [1.54, 1.807) is 0 Å². The molecule has 0 aromatic carbocycles. The lowest BCUT2D eigenvalue weighted by Crippen LogP contribution is -2.36. The summed E-state index contributed by atoms with van der Waals surface area (Å²) in [5.41, 5.74) is 1.23. The van der Waals surface area contributed by atoms with Crippen LogP contribution < -0.4 is 5.32 Å². The largest absolute Gasteiger partial charge is 0.335 e. The number of imidazole rings is 1. The summed E-state index contributed by atoms with van der Waals surface area (Å²) in [6, 6.07) is 0.363. The highest BCUT2D eigenvalue weighted by Crippen LogP contribution is 2.25. The molecule has 1 unspecified atom stereocenters. The number of hydrogen-bond donors (Lipinski definition) is 1. The van der Waals surface area contributed by atoms with Gasteiger partial charge in [0.1, 0.15) is 4.60 Å². The SMILES string of the molecule is CCN(CC)C(CNC)c1c(Br)ncn1C. The number of aromatic nitrogens is 2. The number of rotatable bonds is 6. The van der Waals surface area contributed by atoms with Gasteiger partial charge >= 0.3 is 0 Å². The predicted octanol–water partition coefficient (Wildman–Crippen LogP) is 1.78. The molecule has 4 nitrogen and oxygen atoms in total. The van der Waals surface area contributed by atoms with E-state index in [1.165, 1.54) is 5.69 Å². The molecule has 0 aliphatic heterocycles. The normalized spacial score (nSPS) is 13.4. The van der Waals surface area contributed by atoms with Gasteiger partial charge in [0.05, 0.1) is 18.1 Å². The van der Waals surface area contributed by atoms with Crippen molar-refractivity contribution in [3.05, 3.63) is 16.6 Å². The third-order valence-corrected chi connectivity index (χ3v) is 3.51. The van der Waals surface area contributed by atoms with Crippen LogP contribution in [0.25, 0.3) is 0 Å². The lowest BCUT2D eigenvalue weighted by atomic mass is 10.1. The van der Waals surface area contributed by atoms with Crippen LogP contribution in [0.2, 0.25) is 0 Å². The molecule has 0 radical (unpaired) electrons. The quantitative estimate of drug-likeness (QED) is 0.866. The molecule has 0 fully saturated rings. The smallest absolute Gasteiger partial charge is 0.128 e. The van der Waals surface area contributed by atoms with Gasteiger partial charge in [-0.3, -0.25) is 4.90 Å². The van der Waals surface area contributed by atoms with Gasteiger partial charge in [0.15, 0.2) is 0 Å². The van der Waals surface area contributed by atoms with Crippen LogP contribution >= 0.6 is 15.9 Å². The Morgan fingerprint density at radius 2 is 2.12 bits per heavy atom. The maximum absolute atomic E-state index is 4.30. The fraction of sp³-hybridized carbons (Fsp3) is 0.727. The summed E-state index contributed by atoms with van der Waals surface area (Å²) < 4.78 is 3.03. The summed E-state index contributed by atoms with van der Waals surface area (Å²) in [4.78, 5) is 6.72. The lowest BCUT2D eigenvalue weighted by molar-refractivity contribution is 0.208. The first-order chi connectivity index (χ1) is 7.65. The van der Waals surface area contributed by atoms with Gasteiger partial charge in [-0.1, -0.05) is 13.8 Å². The zero-order valence-corrected chi connectivity index (χ0v) is 12.1. The molecule has 92 valence electrons. The minimum atomic E-state index is 0.363. The molecule has 0 aliphatic rings. The Hall–Kier alpha value is -0.390. The highest BCUT2D eigenvalue weighted by Gasteiger charge is 2.22. The van der Waals surface area contributed by atoms with Crippen molar-refractivity contribution in [1.82, 2.24) is 19.8 Å². The molecule has 1 atom stereocenters. The van der Waals surface area contributed by atoms with Gasteiger partial charge in [0.2, 0.25) is 0 Å². The van der Waals surface area contributed by atoms with Crippen LogP contribution in [0, 0.1) is 0 Å². The number of aryl methyl sites for hydroxylation is 1. The fourth-order valence-corrected chi connectivity index (χ4v) is 2.68. The molecule has 5 heteroatoms. The van der Waals surface area contributed by atoms with Crippen LogP contribution in [-0.2, 0) is 7.05 Å². The van der Waals surface area contributed by atoms with Gasteiger partial charge in [-0.05, 0) is 36.1 Å². The molecule has 0 amide bonds. The fourth-order valence-electron chi connectivity index (χ4n) is 2.04. The van der Waals surface area contributed by atoms with Crippen molar-refractivity contribution in [1.29, 1.82) is 0 Å². The van der Waals surface area contributed by atoms with E-state index in [4.69, 9.17) is 0 Å². The number of nitrogens with one attached hydrogen (secondary N) is 1. The van der Waals surface area contributed by atoms with Gasteiger partial charge in [-0.25, -0.2) is 4.98 Å².